The predicted octanol–water partition coefficient (Wildman–Crippen LogP) is 2.01. The highest BCUT2D eigenvalue weighted by molar-refractivity contribution is 6.09. The van der Waals surface area contributed by atoms with Gasteiger partial charge in [0, 0.05) is 19.1 Å². The standard InChI is InChI=1S/C22H32N4O3/c1-4-6-16-7-9-17(10-8-16)22(3)20(28)26(21(29)24-22)15-19(27)23-18-11-13-25(5-2)14-12-18/h7-10,18H,4-6,11-15H2,1-3H3,(H,23,27)(H,24,29). The molecule has 158 valence electrons. The first-order valence-corrected chi connectivity index (χ1v) is 10.6. The fraction of sp³-hybridized carbons (Fsp3) is 0.591. The Kier molecular flexibility index (Phi) is 6.57. The number of piperidine rings is 1. The number of likely N-dealkylation sites (tertiary alicyclic amines) is 1. The Morgan fingerprint density at radius 2 is 1.83 bits per heavy atom. The van der Waals surface area contributed by atoms with Gasteiger partial charge in [0.25, 0.3) is 5.91 Å². The zero-order valence-electron chi connectivity index (χ0n) is 17.7. The lowest BCUT2D eigenvalue weighted by Crippen LogP contribution is -2.48. The van der Waals surface area contributed by atoms with Crippen molar-refractivity contribution >= 4 is 17.8 Å². The van der Waals surface area contributed by atoms with Crippen molar-refractivity contribution in [3.05, 3.63) is 35.4 Å². The van der Waals surface area contributed by atoms with Gasteiger partial charge in [0.2, 0.25) is 5.91 Å². The molecule has 2 aliphatic rings. The highest BCUT2D eigenvalue weighted by atomic mass is 16.2. The largest absolute Gasteiger partial charge is 0.352 e. The smallest absolute Gasteiger partial charge is 0.325 e. The maximum Gasteiger partial charge on any atom is 0.325 e. The molecule has 0 saturated carbocycles. The SMILES string of the molecule is CCCc1ccc(C2(C)NC(=O)N(CC(=O)NC3CCN(CC)CC3)C2=O)cc1. The number of imide groups is 1. The minimum atomic E-state index is -1.14. The van der Waals surface area contributed by atoms with E-state index in [1.807, 2.05) is 24.3 Å². The van der Waals surface area contributed by atoms with Crippen molar-refractivity contribution in [2.24, 2.45) is 0 Å². The Labute approximate surface area is 172 Å². The number of carbonyl (C=O) groups is 3. The number of hydrogen-bond donors (Lipinski definition) is 2. The summed E-state index contributed by atoms with van der Waals surface area (Å²) in [5.41, 5.74) is 0.779. The number of carbonyl (C=O) groups excluding carboxylic acids is 3. The summed E-state index contributed by atoms with van der Waals surface area (Å²) in [6.07, 6.45) is 3.80. The van der Waals surface area contributed by atoms with Crippen LogP contribution >= 0.6 is 0 Å². The molecule has 0 aromatic heterocycles. The zero-order chi connectivity index (χ0) is 21.0. The van der Waals surface area contributed by atoms with E-state index in [0.29, 0.717) is 0 Å². The van der Waals surface area contributed by atoms with Crippen LogP contribution in [0.2, 0.25) is 0 Å². The second-order valence-corrected chi connectivity index (χ2v) is 8.17. The average molecular weight is 401 g/mol. The topological polar surface area (TPSA) is 81.8 Å². The molecular formula is C22H32N4O3. The van der Waals surface area contributed by atoms with Gasteiger partial charge in [0.15, 0.2) is 0 Å². The molecule has 29 heavy (non-hydrogen) atoms. The molecule has 2 aliphatic heterocycles. The summed E-state index contributed by atoms with van der Waals surface area (Å²) in [4.78, 5) is 41.3. The second-order valence-electron chi connectivity index (χ2n) is 8.17. The average Bonchev–Trinajstić information content (AvgIpc) is 2.93. The van der Waals surface area contributed by atoms with E-state index in [1.54, 1.807) is 6.92 Å². The van der Waals surface area contributed by atoms with Gasteiger partial charge in [-0.15, -0.1) is 0 Å². The van der Waals surface area contributed by atoms with Gasteiger partial charge in [-0.3, -0.25) is 14.5 Å². The zero-order valence-corrected chi connectivity index (χ0v) is 17.7. The minimum Gasteiger partial charge on any atom is -0.352 e. The van der Waals surface area contributed by atoms with E-state index in [0.717, 1.165) is 55.8 Å². The van der Waals surface area contributed by atoms with Gasteiger partial charge in [0.05, 0.1) is 0 Å². The minimum absolute atomic E-state index is 0.101. The van der Waals surface area contributed by atoms with Crippen molar-refractivity contribution in [2.75, 3.05) is 26.2 Å². The van der Waals surface area contributed by atoms with Gasteiger partial charge in [-0.1, -0.05) is 44.5 Å². The molecule has 0 aliphatic carbocycles. The molecule has 1 unspecified atom stereocenters. The van der Waals surface area contributed by atoms with Crippen LogP contribution in [0.5, 0.6) is 0 Å². The van der Waals surface area contributed by atoms with Crippen molar-refractivity contribution in [3.8, 4) is 0 Å². The van der Waals surface area contributed by atoms with Crippen molar-refractivity contribution in [3.63, 3.8) is 0 Å². The summed E-state index contributed by atoms with van der Waals surface area (Å²) in [7, 11) is 0. The number of aryl methyl sites for hydroxylation is 1. The molecule has 0 spiro atoms. The molecule has 0 radical (unpaired) electrons. The Hall–Kier alpha value is -2.41. The number of benzene rings is 1. The van der Waals surface area contributed by atoms with E-state index in [1.165, 1.54) is 5.56 Å². The first-order chi connectivity index (χ1) is 13.9. The Balaban J connectivity index is 1.61. The van der Waals surface area contributed by atoms with Crippen LogP contribution in [0.15, 0.2) is 24.3 Å². The molecule has 2 saturated heterocycles. The lowest BCUT2D eigenvalue weighted by Gasteiger charge is -2.31. The van der Waals surface area contributed by atoms with Crippen molar-refractivity contribution < 1.29 is 14.4 Å². The van der Waals surface area contributed by atoms with E-state index >= 15 is 0 Å². The van der Waals surface area contributed by atoms with Crippen LogP contribution in [0.1, 0.15) is 51.2 Å². The third-order valence-corrected chi connectivity index (χ3v) is 6.05. The Morgan fingerprint density at radius 1 is 1.17 bits per heavy atom. The fourth-order valence-electron chi connectivity index (χ4n) is 4.14. The molecule has 0 bridgehead atoms. The highest BCUT2D eigenvalue weighted by Crippen LogP contribution is 2.29. The highest BCUT2D eigenvalue weighted by Gasteiger charge is 2.49. The van der Waals surface area contributed by atoms with Gasteiger partial charge in [-0.05, 0) is 43.9 Å². The number of hydrogen-bond acceptors (Lipinski definition) is 4. The van der Waals surface area contributed by atoms with Gasteiger partial charge in [-0.2, -0.15) is 0 Å². The van der Waals surface area contributed by atoms with E-state index in [4.69, 9.17) is 0 Å². The molecule has 4 amide bonds. The third kappa shape index (κ3) is 4.61. The summed E-state index contributed by atoms with van der Waals surface area (Å²) >= 11 is 0. The summed E-state index contributed by atoms with van der Waals surface area (Å²) in [6, 6.07) is 7.32. The predicted molar refractivity (Wildman–Crippen MR) is 111 cm³/mol. The van der Waals surface area contributed by atoms with Gasteiger partial charge < -0.3 is 15.5 Å². The molecule has 1 aromatic carbocycles. The number of urea groups is 1. The lowest BCUT2D eigenvalue weighted by molar-refractivity contribution is -0.135. The third-order valence-electron chi connectivity index (χ3n) is 6.05. The molecule has 7 nitrogen and oxygen atoms in total. The number of rotatable bonds is 7. The Bertz CT molecular complexity index is 756. The monoisotopic (exact) mass is 400 g/mol. The van der Waals surface area contributed by atoms with Gasteiger partial charge in [0.1, 0.15) is 12.1 Å². The summed E-state index contributed by atoms with van der Waals surface area (Å²) in [5.74, 6) is -0.673. The van der Waals surface area contributed by atoms with E-state index in [2.05, 4.69) is 29.4 Å². The van der Waals surface area contributed by atoms with E-state index in [-0.39, 0.29) is 24.4 Å². The van der Waals surface area contributed by atoms with E-state index < -0.39 is 11.6 Å². The maximum absolute atomic E-state index is 13.0. The normalized spacial score (nSPS) is 23.3. The first kappa shape index (κ1) is 21.3. The lowest BCUT2D eigenvalue weighted by atomic mass is 9.91. The molecule has 2 heterocycles. The molecule has 1 aromatic rings. The first-order valence-electron chi connectivity index (χ1n) is 10.6. The van der Waals surface area contributed by atoms with Crippen molar-refractivity contribution in [2.45, 2.75) is 58.0 Å². The van der Waals surface area contributed by atoms with E-state index in [9.17, 15) is 14.4 Å². The fourth-order valence-corrected chi connectivity index (χ4v) is 4.14. The van der Waals surface area contributed by atoms with Crippen LogP contribution in [0.3, 0.4) is 0 Å². The van der Waals surface area contributed by atoms with Gasteiger partial charge >= 0.3 is 6.03 Å². The Morgan fingerprint density at radius 3 is 2.41 bits per heavy atom. The molecule has 2 fully saturated rings. The van der Waals surface area contributed by atoms with Crippen LogP contribution in [-0.4, -0.2) is 59.9 Å². The molecule has 3 rings (SSSR count). The quantitative estimate of drug-likeness (QED) is 0.686. The number of nitrogens with one attached hydrogen (secondary N) is 2. The molecule has 2 N–H and O–H groups in total. The van der Waals surface area contributed by atoms with Crippen LogP contribution in [0.25, 0.3) is 0 Å². The van der Waals surface area contributed by atoms with Crippen molar-refractivity contribution in [1.29, 1.82) is 0 Å². The number of amides is 4. The molecule has 1 atom stereocenters. The summed E-state index contributed by atoms with van der Waals surface area (Å²) in [5, 5.41) is 5.75. The summed E-state index contributed by atoms with van der Waals surface area (Å²) in [6.45, 7) is 8.62. The molecular weight excluding hydrogens is 368 g/mol. The maximum atomic E-state index is 13.0. The number of nitrogens with zero attached hydrogens (tertiary/aromatic N) is 2. The summed E-state index contributed by atoms with van der Waals surface area (Å²) < 4.78 is 0. The van der Waals surface area contributed by atoms with Gasteiger partial charge in [-0.25, -0.2) is 4.79 Å². The molecule has 7 heteroatoms. The van der Waals surface area contributed by atoms with Crippen molar-refractivity contribution in [1.82, 2.24) is 20.4 Å². The van der Waals surface area contributed by atoms with Crippen LogP contribution in [0, 0.1) is 0 Å². The van der Waals surface area contributed by atoms with Crippen LogP contribution in [-0.2, 0) is 21.5 Å². The second kappa shape index (κ2) is 8.95. The van der Waals surface area contributed by atoms with Crippen LogP contribution in [0.4, 0.5) is 4.79 Å². The van der Waals surface area contributed by atoms with Crippen LogP contribution < -0.4 is 10.6 Å².